The number of amides is 1. The molecule has 1 aromatic rings. The predicted molar refractivity (Wildman–Crippen MR) is 48.6 cm³/mol. The molecule has 76 valence electrons. The SMILES string of the molecule is O=C(Cn1ncccc1=O)NCCO. The molecule has 0 atom stereocenters. The molecular formula is C8H11N3O3. The Morgan fingerprint density at radius 3 is 3.07 bits per heavy atom. The van der Waals surface area contributed by atoms with Gasteiger partial charge in [0.05, 0.1) is 6.61 Å². The van der Waals surface area contributed by atoms with E-state index in [0.717, 1.165) is 4.68 Å². The minimum absolute atomic E-state index is 0.122. The molecular weight excluding hydrogens is 186 g/mol. The van der Waals surface area contributed by atoms with Crippen molar-refractivity contribution in [2.75, 3.05) is 13.2 Å². The van der Waals surface area contributed by atoms with Gasteiger partial charge in [0.15, 0.2) is 0 Å². The maximum absolute atomic E-state index is 11.1. The topological polar surface area (TPSA) is 84.2 Å². The molecule has 0 radical (unpaired) electrons. The average molecular weight is 197 g/mol. The number of nitrogens with one attached hydrogen (secondary N) is 1. The molecule has 6 nitrogen and oxygen atoms in total. The second kappa shape index (κ2) is 5.13. The lowest BCUT2D eigenvalue weighted by atomic mass is 10.5. The first-order valence-electron chi connectivity index (χ1n) is 4.13. The van der Waals surface area contributed by atoms with E-state index in [4.69, 9.17) is 5.11 Å². The van der Waals surface area contributed by atoms with Gasteiger partial charge >= 0.3 is 0 Å². The van der Waals surface area contributed by atoms with Gasteiger partial charge in [-0.2, -0.15) is 5.10 Å². The molecule has 6 heteroatoms. The third-order valence-electron chi connectivity index (χ3n) is 1.51. The smallest absolute Gasteiger partial charge is 0.267 e. The van der Waals surface area contributed by atoms with Gasteiger partial charge in [-0.3, -0.25) is 9.59 Å². The third-order valence-corrected chi connectivity index (χ3v) is 1.51. The second-order valence-electron chi connectivity index (χ2n) is 2.59. The van der Waals surface area contributed by atoms with E-state index in [9.17, 15) is 9.59 Å². The fourth-order valence-electron chi connectivity index (χ4n) is 0.893. The first-order valence-corrected chi connectivity index (χ1v) is 4.13. The predicted octanol–water partition coefficient (Wildman–Crippen LogP) is -1.65. The summed E-state index contributed by atoms with van der Waals surface area (Å²) in [6.45, 7) is -0.0665. The van der Waals surface area contributed by atoms with Gasteiger partial charge in [0.2, 0.25) is 5.91 Å². The molecule has 0 saturated carbocycles. The summed E-state index contributed by atoms with van der Waals surface area (Å²) in [6.07, 6.45) is 1.43. The monoisotopic (exact) mass is 197 g/mol. The third kappa shape index (κ3) is 2.98. The quantitative estimate of drug-likeness (QED) is 0.605. The molecule has 2 N–H and O–H groups in total. The molecule has 0 saturated heterocycles. The first-order chi connectivity index (χ1) is 6.74. The fourth-order valence-corrected chi connectivity index (χ4v) is 0.893. The van der Waals surface area contributed by atoms with Crippen molar-refractivity contribution in [1.29, 1.82) is 0 Å². The number of aliphatic hydroxyl groups excluding tert-OH is 1. The zero-order valence-corrected chi connectivity index (χ0v) is 7.51. The van der Waals surface area contributed by atoms with Crippen molar-refractivity contribution < 1.29 is 9.90 Å². The molecule has 1 rings (SSSR count). The molecule has 0 aliphatic rings. The summed E-state index contributed by atoms with van der Waals surface area (Å²) < 4.78 is 1.05. The van der Waals surface area contributed by atoms with Crippen LogP contribution < -0.4 is 10.9 Å². The van der Waals surface area contributed by atoms with E-state index in [2.05, 4.69) is 10.4 Å². The summed E-state index contributed by atoms with van der Waals surface area (Å²) in [5, 5.41) is 14.6. The van der Waals surface area contributed by atoms with Crippen molar-refractivity contribution in [1.82, 2.24) is 15.1 Å². The molecule has 0 fully saturated rings. The van der Waals surface area contributed by atoms with Gasteiger partial charge in [-0.25, -0.2) is 4.68 Å². The van der Waals surface area contributed by atoms with Crippen molar-refractivity contribution in [3.63, 3.8) is 0 Å². The Hall–Kier alpha value is -1.69. The maximum Gasteiger partial charge on any atom is 0.267 e. The largest absolute Gasteiger partial charge is 0.395 e. The molecule has 0 aliphatic carbocycles. The highest BCUT2D eigenvalue weighted by atomic mass is 16.3. The van der Waals surface area contributed by atoms with Crippen LogP contribution in [0.2, 0.25) is 0 Å². The summed E-state index contributed by atoms with van der Waals surface area (Å²) in [4.78, 5) is 22.2. The van der Waals surface area contributed by atoms with Crippen LogP contribution in [0.25, 0.3) is 0 Å². The Balaban J connectivity index is 2.56. The van der Waals surface area contributed by atoms with Crippen molar-refractivity contribution in [2.24, 2.45) is 0 Å². The Labute approximate surface area is 80.2 Å². The van der Waals surface area contributed by atoms with Gasteiger partial charge in [0, 0.05) is 18.8 Å². The molecule has 0 unspecified atom stereocenters. The van der Waals surface area contributed by atoms with Crippen LogP contribution >= 0.6 is 0 Å². The van der Waals surface area contributed by atoms with Gasteiger partial charge in [0.1, 0.15) is 6.54 Å². The van der Waals surface area contributed by atoms with Gasteiger partial charge in [0.25, 0.3) is 5.56 Å². The van der Waals surface area contributed by atoms with E-state index in [1.807, 2.05) is 0 Å². The molecule has 1 amide bonds. The number of aliphatic hydroxyl groups is 1. The summed E-state index contributed by atoms with van der Waals surface area (Å²) in [5.41, 5.74) is -0.327. The normalized spacial score (nSPS) is 9.79. The van der Waals surface area contributed by atoms with Gasteiger partial charge in [-0.15, -0.1) is 0 Å². The number of rotatable bonds is 4. The lowest BCUT2D eigenvalue weighted by Crippen LogP contribution is -2.34. The number of carbonyl (C=O) groups is 1. The molecule has 0 aromatic carbocycles. The lowest BCUT2D eigenvalue weighted by Gasteiger charge is -2.03. The number of hydrogen-bond acceptors (Lipinski definition) is 4. The Morgan fingerprint density at radius 1 is 1.64 bits per heavy atom. The van der Waals surface area contributed by atoms with Gasteiger partial charge in [-0.05, 0) is 6.07 Å². The van der Waals surface area contributed by atoms with Crippen LogP contribution in [0.15, 0.2) is 23.1 Å². The molecule has 0 aliphatic heterocycles. The zero-order chi connectivity index (χ0) is 10.4. The summed E-state index contributed by atoms with van der Waals surface area (Å²) in [5.74, 6) is -0.347. The standard InChI is InChI=1S/C8H11N3O3/c12-5-4-9-7(13)6-11-8(14)2-1-3-10-11/h1-3,12H,4-6H2,(H,9,13). The van der Waals surface area contributed by atoms with Crippen LogP contribution in [-0.4, -0.2) is 33.9 Å². The van der Waals surface area contributed by atoms with Crippen molar-refractivity contribution in [3.05, 3.63) is 28.7 Å². The van der Waals surface area contributed by atoms with Crippen LogP contribution in [0.5, 0.6) is 0 Å². The first kappa shape index (κ1) is 10.4. The number of aromatic nitrogens is 2. The van der Waals surface area contributed by atoms with Gasteiger partial charge < -0.3 is 10.4 Å². The maximum atomic E-state index is 11.1. The molecule has 1 heterocycles. The highest BCUT2D eigenvalue weighted by Gasteiger charge is 2.02. The van der Waals surface area contributed by atoms with Crippen molar-refractivity contribution in [3.8, 4) is 0 Å². The summed E-state index contributed by atoms with van der Waals surface area (Å²) in [7, 11) is 0. The molecule has 1 aromatic heterocycles. The van der Waals surface area contributed by atoms with E-state index in [0.29, 0.717) is 0 Å². The Kier molecular flexibility index (Phi) is 3.81. The summed E-state index contributed by atoms with van der Waals surface area (Å²) >= 11 is 0. The van der Waals surface area contributed by atoms with Crippen LogP contribution in [-0.2, 0) is 11.3 Å². The van der Waals surface area contributed by atoms with Crippen LogP contribution in [0.1, 0.15) is 0 Å². The Bertz CT molecular complexity index is 361. The van der Waals surface area contributed by atoms with E-state index < -0.39 is 0 Å². The molecule has 0 bridgehead atoms. The highest BCUT2D eigenvalue weighted by molar-refractivity contribution is 5.75. The number of nitrogens with zero attached hydrogens (tertiary/aromatic N) is 2. The van der Waals surface area contributed by atoms with E-state index >= 15 is 0 Å². The van der Waals surface area contributed by atoms with Gasteiger partial charge in [-0.1, -0.05) is 0 Å². The van der Waals surface area contributed by atoms with Crippen LogP contribution in [0, 0.1) is 0 Å². The van der Waals surface area contributed by atoms with Crippen molar-refractivity contribution in [2.45, 2.75) is 6.54 Å². The zero-order valence-electron chi connectivity index (χ0n) is 7.51. The molecule has 0 spiro atoms. The van der Waals surface area contributed by atoms with Crippen molar-refractivity contribution >= 4 is 5.91 Å². The Morgan fingerprint density at radius 2 is 2.43 bits per heavy atom. The van der Waals surface area contributed by atoms with E-state index in [1.165, 1.54) is 18.3 Å². The van der Waals surface area contributed by atoms with Crippen LogP contribution in [0.3, 0.4) is 0 Å². The fraction of sp³-hybridized carbons (Fsp3) is 0.375. The minimum Gasteiger partial charge on any atom is -0.395 e. The van der Waals surface area contributed by atoms with Crippen LogP contribution in [0.4, 0.5) is 0 Å². The second-order valence-corrected chi connectivity index (χ2v) is 2.59. The van der Waals surface area contributed by atoms with E-state index in [-0.39, 0.29) is 31.2 Å². The molecule has 14 heavy (non-hydrogen) atoms. The number of carbonyl (C=O) groups excluding carboxylic acids is 1. The lowest BCUT2D eigenvalue weighted by molar-refractivity contribution is -0.122. The summed E-state index contributed by atoms with van der Waals surface area (Å²) in [6, 6.07) is 2.83. The average Bonchev–Trinajstić information content (AvgIpc) is 2.18. The number of hydrogen-bond donors (Lipinski definition) is 2. The highest BCUT2D eigenvalue weighted by Crippen LogP contribution is 1.76. The van der Waals surface area contributed by atoms with E-state index in [1.54, 1.807) is 0 Å². The minimum atomic E-state index is -0.347.